The molecular weight excluding hydrogens is 296 g/mol. The van der Waals surface area contributed by atoms with Gasteiger partial charge in [-0.15, -0.1) is 0 Å². The number of aryl methyl sites for hydroxylation is 1. The van der Waals surface area contributed by atoms with Crippen LogP contribution in [0.3, 0.4) is 0 Å². The Morgan fingerprint density at radius 1 is 1.09 bits per heavy atom. The highest BCUT2D eigenvalue weighted by molar-refractivity contribution is 6.31. The van der Waals surface area contributed by atoms with Gasteiger partial charge in [-0.3, -0.25) is 0 Å². The molecule has 1 heterocycles. The molecule has 0 atom stereocenters. The number of halogens is 1. The SMILES string of the molecule is Cc1nc(NCCC(C)C)cc(NCc2ccccc2Cl)n1. The van der Waals surface area contributed by atoms with Gasteiger partial charge in [0.25, 0.3) is 0 Å². The van der Waals surface area contributed by atoms with Gasteiger partial charge in [0, 0.05) is 24.2 Å². The molecule has 0 spiro atoms. The third-order valence-electron chi connectivity index (χ3n) is 3.28. The van der Waals surface area contributed by atoms with Crippen molar-refractivity contribution in [2.24, 2.45) is 5.92 Å². The van der Waals surface area contributed by atoms with Gasteiger partial charge in [0.2, 0.25) is 0 Å². The van der Waals surface area contributed by atoms with E-state index in [0.717, 1.165) is 41.0 Å². The molecule has 0 aliphatic carbocycles. The van der Waals surface area contributed by atoms with Gasteiger partial charge in [-0.05, 0) is 30.9 Å². The molecule has 2 N–H and O–H groups in total. The van der Waals surface area contributed by atoms with Crippen LogP contribution < -0.4 is 10.6 Å². The number of hydrogen-bond donors (Lipinski definition) is 2. The molecule has 118 valence electrons. The van der Waals surface area contributed by atoms with Crippen LogP contribution in [0.5, 0.6) is 0 Å². The molecule has 0 radical (unpaired) electrons. The maximum Gasteiger partial charge on any atom is 0.132 e. The Balaban J connectivity index is 1.99. The highest BCUT2D eigenvalue weighted by Crippen LogP contribution is 2.17. The van der Waals surface area contributed by atoms with Crippen LogP contribution in [0.2, 0.25) is 5.02 Å². The van der Waals surface area contributed by atoms with E-state index < -0.39 is 0 Å². The molecule has 2 aromatic rings. The molecule has 0 aliphatic rings. The van der Waals surface area contributed by atoms with E-state index in [1.54, 1.807) is 0 Å². The second-order valence-electron chi connectivity index (χ2n) is 5.74. The molecule has 1 aromatic heterocycles. The molecule has 4 nitrogen and oxygen atoms in total. The highest BCUT2D eigenvalue weighted by Gasteiger charge is 2.04. The number of aromatic nitrogens is 2. The lowest BCUT2D eigenvalue weighted by atomic mass is 10.1. The fourth-order valence-corrected chi connectivity index (χ4v) is 2.27. The van der Waals surface area contributed by atoms with Crippen molar-refractivity contribution < 1.29 is 0 Å². The Kier molecular flexibility index (Phi) is 6.01. The lowest BCUT2D eigenvalue weighted by molar-refractivity contribution is 0.606. The van der Waals surface area contributed by atoms with Crippen LogP contribution in [-0.4, -0.2) is 16.5 Å². The standard InChI is InChI=1S/C17H23ClN4/c1-12(2)8-9-19-16-10-17(22-13(3)21-16)20-11-14-6-4-5-7-15(14)18/h4-7,10,12H,8-9,11H2,1-3H3,(H2,19,20,21,22). The van der Waals surface area contributed by atoms with Crippen molar-refractivity contribution in [2.45, 2.75) is 33.7 Å². The first-order valence-electron chi connectivity index (χ1n) is 7.61. The van der Waals surface area contributed by atoms with E-state index in [1.165, 1.54) is 0 Å². The van der Waals surface area contributed by atoms with Crippen molar-refractivity contribution >= 4 is 23.2 Å². The summed E-state index contributed by atoms with van der Waals surface area (Å²) in [6, 6.07) is 9.74. The Morgan fingerprint density at radius 3 is 2.45 bits per heavy atom. The maximum absolute atomic E-state index is 6.17. The molecule has 0 aliphatic heterocycles. The summed E-state index contributed by atoms with van der Waals surface area (Å²) >= 11 is 6.17. The van der Waals surface area contributed by atoms with E-state index in [0.29, 0.717) is 12.5 Å². The summed E-state index contributed by atoms with van der Waals surface area (Å²) in [5, 5.41) is 7.42. The molecule has 22 heavy (non-hydrogen) atoms. The monoisotopic (exact) mass is 318 g/mol. The van der Waals surface area contributed by atoms with Crippen LogP contribution in [0.15, 0.2) is 30.3 Å². The van der Waals surface area contributed by atoms with E-state index >= 15 is 0 Å². The molecule has 0 fully saturated rings. The maximum atomic E-state index is 6.17. The van der Waals surface area contributed by atoms with E-state index in [1.807, 2.05) is 37.3 Å². The first-order valence-corrected chi connectivity index (χ1v) is 7.99. The van der Waals surface area contributed by atoms with Crippen molar-refractivity contribution in [2.75, 3.05) is 17.2 Å². The third kappa shape index (κ3) is 5.19. The average molecular weight is 319 g/mol. The number of nitrogens with one attached hydrogen (secondary N) is 2. The number of hydrogen-bond acceptors (Lipinski definition) is 4. The quantitative estimate of drug-likeness (QED) is 0.788. The predicted octanol–water partition coefficient (Wildman–Crippen LogP) is 4.51. The lowest BCUT2D eigenvalue weighted by Crippen LogP contribution is -2.09. The second kappa shape index (κ2) is 7.99. The minimum absolute atomic E-state index is 0.640. The molecule has 0 bridgehead atoms. The van der Waals surface area contributed by atoms with Crippen LogP contribution in [-0.2, 0) is 6.54 Å². The first kappa shape index (κ1) is 16.6. The summed E-state index contributed by atoms with van der Waals surface area (Å²) in [7, 11) is 0. The summed E-state index contributed by atoms with van der Waals surface area (Å²) in [6.45, 7) is 7.88. The number of benzene rings is 1. The largest absolute Gasteiger partial charge is 0.370 e. The van der Waals surface area contributed by atoms with Gasteiger partial charge in [-0.1, -0.05) is 43.6 Å². The van der Waals surface area contributed by atoms with Crippen molar-refractivity contribution in [3.05, 3.63) is 46.7 Å². The van der Waals surface area contributed by atoms with Gasteiger partial charge in [0.15, 0.2) is 0 Å². The van der Waals surface area contributed by atoms with Crippen molar-refractivity contribution in [3.63, 3.8) is 0 Å². The summed E-state index contributed by atoms with van der Waals surface area (Å²) in [4.78, 5) is 8.83. The fraction of sp³-hybridized carbons (Fsp3) is 0.412. The molecule has 0 amide bonds. The van der Waals surface area contributed by atoms with Gasteiger partial charge >= 0.3 is 0 Å². The Labute approximate surface area is 137 Å². The first-order chi connectivity index (χ1) is 10.5. The van der Waals surface area contributed by atoms with Crippen LogP contribution in [0.25, 0.3) is 0 Å². The van der Waals surface area contributed by atoms with Gasteiger partial charge in [0.05, 0.1) is 0 Å². The summed E-state index contributed by atoms with van der Waals surface area (Å²) in [5.41, 5.74) is 1.05. The lowest BCUT2D eigenvalue weighted by Gasteiger charge is -2.11. The third-order valence-corrected chi connectivity index (χ3v) is 3.65. The fourth-order valence-electron chi connectivity index (χ4n) is 2.07. The zero-order valence-corrected chi connectivity index (χ0v) is 14.1. The van der Waals surface area contributed by atoms with E-state index in [2.05, 4.69) is 34.4 Å². The van der Waals surface area contributed by atoms with Crippen LogP contribution in [0, 0.1) is 12.8 Å². The van der Waals surface area contributed by atoms with Gasteiger partial charge in [-0.25, -0.2) is 9.97 Å². The van der Waals surface area contributed by atoms with Crippen LogP contribution >= 0.6 is 11.6 Å². The smallest absolute Gasteiger partial charge is 0.132 e. The van der Waals surface area contributed by atoms with Gasteiger partial charge in [0.1, 0.15) is 17.5 Å². The zero-order chi connectivity index (χ0) is 15.9. The predicted molar refractivity (Wildman–Crippen MR) is 93.5 cm³/mol. The summed E-state index contributed by atoms with van der Waals surface area (Å²) in [6.07, 6.45) is 1.12. The molecule has 0 unspecified atom stereocenters. The minimum atomic E-state index is 0.640. The van der Waals surface area contributed by atoms with E-state index in [9.17, 15) is 0 Å². The van der Waals surface area contributed by atoms with Crippen molar-refractivity contribution in [3.8, 4) is 0 Å². The summed E-state index contributed by atoms with van der Waals surface area (Å²) in [5.74, 6) is 3.08. The van der Waals surface area contributed by atoms with E-state index in [-0.39, 0.29) is 0 Å². The van der Waals surface area contributed by atoms with Gasteiger partial charge in [-0.2, -0.15) is 0 Å². The van der Waals surface area contributed by atoms with Crippen LogP contribution in [0.4, 0.5) is 11.6 Å². The Hall–Kier alpha value is -1.81. The number of rotatable bonds is 7. The molecule has 0 saturated heterocycles. The topological polar surface area (TPSA) is 49.8 Å². The molecule has 0 saturated carbocycles. The highest BCUT2D eigenvalue weighted by atomic mass is 35.5. The van der Waals surface area contributed by atoms with Crippen molar-refractivity contribution in [1.82, 2.24) is 9.97 Å². The van der Waals surface area contributed by atoms with Crippen LogP contribution in [0.1, 0.15) is 31.7 Å². The number of nitrogens with zero attached hydrogens (tertiary/aromatic N) is 2. The van der Waals surface area contributed by atoms with Crippen molar-refractivity contribution in [1.29, 1.82) is 0 Å². The normalized spacial score (nSPS) is 10.8. The average Bonchev–Trinajstić information content (AvgIpc) is 2.45. The second-order valence-corrected chi connectivity index (χ2v) is 6.15. The molecule has 2 rings (SSSR count). The molecular formula is C17H23ClN4. The Morgan fingerprint density at radius 2 is 1.77 bits per heavy atom. The van der Waals surface area contributed by atoms with E-state index in [4.69, 9.17) is 11.6 Å². The zero-order valence-electron chi connectivity index (χ0n) is 13.4. The Bertz CT molecular complexity index is 613. The van der Waals surface area contributed by atoms with Gasteiger partial charge < -0.3 is 10.6 Å². The minimum Gasteiger partial charge on any atom is -0.370 e. The summed E-state index contributed by atoms with van der Waals surface area (Å²) < 4.78 is 0. The molecule has 1 aromatic carbocycles. The molecule has 5 heteroatoms. The number of anilines is 2.